The summed E-state index contributed by atoms with van der Waals surface area (Å²) in [7, 11) is 0. The van der Waals surface area contributed by atoms with E-state index in [1.807, 2.05) is 24.0 Å². The Bertz CT molecular complexity index is 857. The Morgan fingerprint density at radius 2 is 1.74 bits per heavy atom. The maximum Gasteiger partial charge on any atom is 0.242 e. The van der Waals surface area contributed by atoms with E-state index in [4.69, 9.17) is 0 Å². The zero-order valence-corrected chi connectivity index (χ0v) is 20.1. The molecule has 34 heavy (non-hydrogen) atoms. The van der Waals surface area contributed by atoms with Gasteiger partial charge in [-0.3, -0.25) is 30.5 Å². The number of likely N-dealkylation sites (tertiary alicyclic amines) is 1. The zero-order chi connectivity index (χ0) is 23.5. The molecule has 4 saturated heterocycles. The van der Waals surface area contributed by atoms with Gasteiger partial charge in [0.2, 0.25) is 11.8 Å². The lowest BCUT2D eigenvalue weighted by Crippen LogP contribution is -2.76. The molecule has 4 atom stereocenters. The highest BCUT2D eigenvalue weighted by atomic mass is 16.2. The summed E-state index contributed by atoms with van der Waals surface area (Å²) >= 11 is 0. The number of carbonyl (C=O) groups is 2. The monoisotopic (exact) mass is 470 g/mol. The molecule has 5 N–H and O–H groups in total. The molecule has 0 aromatic heterocycles. The van der Waals surface area contributed by atoms with E-state index in [-0.39, 0.29) is 36.2 Å². The Morgan fingerprint density at radius 3 is 2.44 bits per heavy atom. The summed E-state index contributed by atoms with van der Waals surface area (Å²) in [6.45, 7) is 7.63. The molecule has 0 aliphatic carbocycles. The maximum absolute atomic E-state index is 12.8. The minimum atomic E-state index is -0.233. The number of piperazine rings is 1. The molecule has 4 aliphatic rings. The quantitative estimate of drug-likeness (QED) is 0.412. The highest BCUT2D eigenvalue weighted by molar-refractivity contribution is 5.83. The second-order valence-corrected chi connectivity index (χ2v) is 9.75. The van der Waals surface area contributed by atoms with Gasteiger partial charge in [0.1, 0.15) is 6.29 Å². The van der Waals surface area contributed by atoms with Crippen molar-refractivity contribution in [1.82, 2.24) is 31.3 Å². The molecule has 10 heteroatoms. The summed E-state index contributed by atoms with van der Waals surface area (Å²) in [6.07, 6.45) is 4.83. The topological polar surface area (TPSA) is 104 Å². The van der Waals surface area contributed by atoms with Crippen LogP contribution in [0.3, 0.4) is 0 Å². The first kappa shape index (κ1) is 23.3. The smallest absolute Gasteiger partial charge is 0.242 e. The molecule has 4 aliphatic heterocycles. The Hall–Kier alpha value is -2.40. The summed E-state index contributed by atoms with van der Waals surface area (Å²) in [5.41, 5.74) is 7.85. The lowest BCUT2D eigenvalue weighted by atomic mass is 9.91. The van der Waals surface area contributed by atoms with Crippen molar-refractivity contribution in [2.45, 2.75) is 51.1 Å². The van der Waals surface area contributed by atoms with Gasteiger partial charge in [-0.15, -0.1) is 0 Å². The number of rotatable bonds is 5. The first-order chi connectivity index (χ1) is 16.6. The van der Waals surface area contributed by atoms with Gasteiger partial charge in [-0.05, 0) is 44.0 Å². The molecule has 0 saturated carbocycles. The molecular formula is C24H38N8O2. The third kappa shape index (κ3) is 5.00. The number of nitrogens with zero attached hydrogens (tertiary/aromatic N) is 3. The van der Waals surface area contributed by atoms with E-state index in [1.165, 1.54) is 25.7 Å². The summed E-state index contributed by atoms with van der Waals surface area (Å²) in [5.74, 6) is -0.0618. The van der Waals surface area contributed by atoms with E-state index >= 15 is 0 Å². The van der Waals surface area contributed by atoms with Crippen LogP contribution in [-0.2, 0) is 9.59 Å². The van der Waals surface area contributed by atoms with Gasteiger partial charge < -0.3 is 15.1 Å². The number of anilines is 2. The average Bonchev–Trinajstić information content (AvgIpc) is 3.14. The summed E-state index contributed by atoms with van der Waals surface area (Å²) in [4.78, 5) is 31.6. The van der Waals surface area contributed by atoms with Crippen LogP contribution in [0.15, 0.2) is 24.3 Å². The van der Waals surface area contributed by atoms with Crippen molar-refractivity contribution in [3.05, 3.63) is 24.3 Å². The van der Waals surface area contributed by atoms with Crippen molar-refractivity contribution in [2.24, 2.45) is 5.92 Å². The average molecular weight is 471 g/mol. The molecule has 1 aromatic carbocycles. The minimum Gasteiger partial charge on any atom is -0.369 e. The van der Waals surface area contributed by atoms with Crippen LogP contribution in [0.5, 0.6) is 0 Å². The van der Waals surface area contributed by atoms with Gasteiger partial charge in [0.15, 0.2) is 0 Å². The third-order valence-electron chi connectivity index (χ3n) is 7.60. The fourth-order valence-electron chi connectivity index (χ4n) is 5.62. The van der Waals surface area contributed by atoms with Gasteiger partial charge in [-0.2, -0.15) is 0 Å². The molecule has 0 spiro atoms. The fourth-order valence-corrected chi connectivity index (χ4v) is 5.62. The van der Waals surface area contributed by atoms with Gasteiger partial charge in [-0.25, -0.2) is 5.43 Å². The summed E-state index contributed by atoms with van der Waals surface area (Å²) < 4.78 is 0. The van der Waals surface area contributed by atoms with Crippen molar-refractivity contribution in [1.29, 1.82) is 0 Å². The largest absolute Gasteiger partial charge is 0.369 e. The van der Waals surface area contributed by atoms with Gasteiger partial charge in [0.25, 0.3) is 0 Å². The van der Waals surface area contributed by atoms with Crippen LogP contribution in [0.2, 0.25) is 0 Å². The molecule has 0 bridgehead atoms. The Labute approximate surface area is 201 Å². The van der Waals surface area contributed by atoms with E-state index < -0.39 is 0 Å². The van der Waals surface area contributed by atoms with E-state index in [9.17, 15) is 9.59 Å². The van der Waals surface area contributed by atoms with E-state index in [2.05, 4.69) is 48.7 Å². The fraction of sp³-hybridized carbons (Fsp3) is 0.667. The molecule has 10 nitrogen and oxygen atoms in total. The van der Waals surface area contributed by atoms with Gasteiger partial charge in [0.05, 0.1) is 18.6 Å². The molecule has 0 radical (unpaired) electrons. The molecule has 186 valence electrons. The van der Waals surface area contributed by atoms with Crippen LogP contribution in [-0.4, -0.2) is 85.9 Å². The highest BCUT2D eigenvalue weighted by Crippen LogP contribution is 2.25. The number of benzene rings is 1. The van der Waals surface area contributed by atoms with E-state index in [0.717, 1.165) is 44.1 Å². The lowest BCUT2D eigenvalue weighted by Gasteiger charge is -2.48. The number of hydrogen-bond donors (Lipinski definition) is 5. The number of carbonyl (C=O) groups excluding carboxylic acids is 2. The minimum absolute atomic E-state index is 0.00741. The molecule has 4 heterocycles. The van der Waals surface area contributed by atoms with Crippen LogP contribution >= 0.6 is 0 Å². The normalized spacial score (nSPS) is 31.0. The van der Waals surface area contributed by atoms with Crippen LogP contribution in [0.25, 0.3) is 0 Å². The molecule has 2 amide bonds. The third-order valence-corrected chi connectivity index (χ3v) is 7.60. The molecule has 5 rings (SSSR count). The first-order valence-electron chi connectivity index (χ1n) is 12.8. The van der Waals surface area contributed by atoms with Crippen molar-refractivity contribution in [3.8, 4) is 0 Å². The highest BCUT2D eigenvalue weighted by Gasteiger charge is 2.44. The van der Waals surface area contributed by atoms with Gasteiger partial charge in [0, 0.05) is 56.7 Å². The van der Waals surface area contributed by atoms with Crippen LogP contribution in [0, 0.1) is 5.92 Å². The predicted molar refractivity (Wildman–Crippen MR) is 132 cm³/mol. The zero-order valence-electron chi connectivity index (χ0n) is 20.1. The SMILES string of the molecule is CCN1CCN(c2ccc(NC3NC(N4CCCCCC4)NC4CNNC(=O)C43)cc2)CC1=O. The second-order valence-electron chi connectivity index (χ2n) is 9.75. The molecule has 1 aromatic rings. The number of nitrogens with one attached hydrogen (secondary N) is 5. The second kappa shape index (κ2) is 10.5. The summed E-state index contributed by atoms with van der Waals surface area (Å²) in [6, 6.07) is 8.26. The van der Waals surface area contributed by atoms with Crippen LogP contribution in [0.1, 0.15) is 32.6 Å². The van der Waals surface area contributed by atoms with Crippen molar-refractivity contribution >= 4 is 23.2 Å². The van der Waals surface area contributed by atoms with Crippen molar-refractivity contribution < 1.29 is 9.59 Å². The number of likely N-dealkylation sites (N-methyl/N-ethyl adjacent to an activating group) is 1. The number of amides is 2. The predicted octanol–water partition coefficient (Wildman–Crippen LogP) is 0.0647. The molecule has 4 unspecified atom stereocenters. The van der Waals surface area contributed by atoms with Crippen LogP contribution in [0.4, 0.5) is 11.4 Å². The molecule has 4 fully saturated rings. The Balaban J connectivity index is 1.28. The van der Waals surface area contributed by atoms with Crippen LogP contribution < -0.4 is 31.7 Å². The van der Waals surface area contributed by atoms with E-state index in [1.54, 1.807) is 0 Å². The number of hydrogen-bond acceptors (Lipinski definition) is 8. The molecular weight excluding hydrogens is 432 g/mol. The summed E-state index contributed by atoms with van der Waals surface area (Å²) in [5, 5.41) is 10.9. The van der Waals surface area contributed by atoms with E-state index in [0.29, 0.717) is 13.1 Å². The van der Waals surface area contributed by atoms with Gasteiger partial charge >= 0.3 is 0 Å². The first-order valence-corrected chi connectivity index (χ1v) is 12.8. The van der Waals surface area contributed by atoms with Crippen molar-refractivity contribution in [2.75, 3.05) is 56.0 Å². The Kier molecular flexibility index (Phi) is 7.19. The Morgan fingerprint density at radius 1 is 0.971 bits per heavy atom. The van der Waals surface area contributed by atoms with Gasteiger partial charge in [-0.1, -0.05) is 12.8 Å². The number of fused-ring (bicyclic) bond motifs is 1. The number of hydrazine groups is 1. The maximum atomic E-state index is 12.8. The lowest BCUT2D eigenvalue weighted by molar-refractivity contribution is -0.132. The standard InChI is InChI=1S/C24H38N8O2/c1-2-30-13-14-32(16-20(30)33)18-9-7-17(8-10-18)26-22-21-19(15-25-29-23(21)34)27-24(28-22)31-11-5-3-4-6-12-31/h7-10,19,21-22,24-28H,2-6,11-16H2,1H3,(H,29,34). The van der Waals surface area contributed by atoms with Crippen molar-refractivity contribution in [3.63, 3.8) is 0 Å².